The number of anilines is 1. The van der Waals surface area contributed by atoms with Gasteiger partial charge >= 0.3 is 0 Å². The fourth-order valence-electron chi connectivity index (χ4n) is 0.716. The highest BCUT2D eigenvalue weighted by Crippen LogP contribution is 2.22. The molecule has 0 bridgehead atoms. The van der Waals surface area contributed by atoms with Crippen molar-refractivity contribution in [2.24, 2.45) is 0 Å². The van der Waals surface area contributed by atoms with Gasteiger partial charge in [-0.3, -0.25) is 0 Å². The van der Waals surface area contributed by atoms with Crippen molar-refractivity contribution < 1.29 is 9.50 Å². The maximum atomic E-state index is 12.3. The van der Waals surface area contributed by atoms with Crippen molar-refractivity contribution in [3.63, 3.8) is 0 Å². The zero-order valence-electron chi connectivity index (χ0n) is 5.56. The Morgan fingerprint density at radius 2 is 2.20 bits per heavy atom. The van der Waals surface area contributed by atoms with Gasteiger partial charge in [-0.05, 0) is 12.1 Å². The van der Waals surface area contributed by atoms with Gasteiger partial charge < -0.3 is 10.4 Å². The molecule has 2 nitrogen and oxygen atoms in total. The van der Waals surface area contributed by atoms with E-state index in [0.29, 0.717) is 5.69 Å². The summed E-state index contributed by atoms with van der Waals surface area (Å²) in [5.74, 6) is -0.501. The highest BCUT2D eigenvalue weighted by atomic mass is 19.1. The third-order valence-corrected chi connectivity index (χ3v) is 1.23. The molecule has 0 aliphatic carbocycles. The van der Waals surface area contributed by atoms with E-state index in [-0.39, 0.29) is 5.75 Å². The molecule has 1 rings (SSSR count). The number of phenols is 1. The Morgan fingerprint density at radius 1 is 1.50 bits per heavy atom. The zero-order chi connectivity index (χ0) is 7.56. The molecule has 0 atom stereocenters. The highest BCUT2D eigenvalue weighted by molar-refractivity contribution is 5.54. The number of rotatable bonds is 1. The van der Waals surface area contributed by atoms with E-state index >= 15 is 0 Å². The van der Waals surface area contributed by atoms with Gasteiger partial charge in [0.2, 0.25) is 0 Å². The molecule has 54 valence electrons. The molecule has 0 fully saturated rings. The van der Waals surface area contributed by atoms with E-state index in [9.17, 15) is 4.39 Å². The van der Waals surface area contributed by atoms with E-state index < -0.39 is 5.82 Å². The first kappa shape index (κ1) is 6.86. The van der Waals surface area contributed by atoms with Crippen LogP contribution in [0.5, 0.6) is 5.75 Å². The summed E-state index contributed by atoms with van der Waals surface area (Å²) < 4.78 is 12.3. The molecule has 0 heterocycles. The summed E-state index contributed by atoms with van der Waals surface area (Å²) in [5, 5.41) is 11.7. The molecule has 0 aliphatic heterocycles. The van der Waals surface area contributed by atoms with Crippen molar-refractivity contribution >= 4 is 5.69 Å². The maximum Gasteiger partial charge on any atom is 0.141 e. The number of hydrogen-bond donors (Lipinski definition) is 2. The van der Waals surface area contributed by atoms with Crippen LogP contribution in [0, 0.1) is 5.82 Å². The van der Waals surface area contributed by atoms with E-state index in [1.807, 2.05) is 0 Å². The van der Waals surface area contributed by atoms with Gasteiger partial charge in [0.15, 0.2) is 0 Å². The van der Waals surface area contributed by atoms with Crippen molar-refractivity contribution in [1.29, 1.82) is 0 Å². The van der Waals surface area contributed by atoms with Crippen LogP contribution < -0.4 is 5.32 Å². The van der Waals surface area contributed by atoms with Crippen molar-refractivity contribution in [2.45, 2.75) is 0 Å². The van der Waals surface area contributed by atoms with Gasteiger partial charge in [-0.25, -0.2) is 4.39 Å². The molecule has 0 unspecified atom stereocenters. The predicted octanol–water partition coefficient (Wildman–Crippen LogP) is 1.57. The first-order valence-corrected chi connectivity index (χ1v) is 2.90. The molecule has 3 heteroatoms. The van der Waals surface area contributed by atoms with Crippen molar-refractivity contribution in [3.8, 4) is 5.75 Å². The van der Waals surface area contributed by atoms with Crippen LogP contribution in [-0.4, -0.2) is 12.2 Å². The third kappa shape index (κ3) is 1.18. The summed E-state index contributed by atoms with van der Waals surface area (Å²) in [7, 11) is 1.66. The predicted molar refractivity (Wildman–Crippen MR) is 37.6 cm³/mol. The minimum atomic E-state index is -0.434. The van der Waals surface area contributed by atoms with Gasteiger partial charge in [-0.15, -0.1) is 0 Å². The summed E-state index contributed by atoms with van der Waals surface area (Å²) in [5.41, 5.74) is 0.529. The molecule has 0 saturated heterocycles. The average molecular weight is 141 g/mol. The average Bonchev–Trinajstić information content (AvgIpc) is 1.88. The molecule has 2 N–H and O–H groups in total. The molecular weight excluding hydrogens is 133 g/mol. The van der Waals surface area contributed by atoms with Gasteiger partial charge in [-0.2, -0.15) is 0 Å². The van der Waals surface area contributed by atoms with E-state index in [1.165, 1.54) is 12.1 Å². The van der Waals surface area contributed by atoms with Crippen molar-refractivity contribution in [3.05, 3.63) is 24.0 Å². The summed E-state index contributed by atoms with van der Waals surface area (Å²) in [6.07, 6.45) is 0. The normalized spacial score (nSPS) is 9.40. The SMILES string of the molecule is CNc1ccc(F)cc1O. The van der Waals surface area contributed by atoms with Crippen LogP contribution in [0.25, 0.3) is 0 Å². The largest absolute Gasteiger partial charge is 0.506 e. The molecule has 0 spiro atoms. The van der Waals surface area contributed by atoms with Crippen LogP contribution in [0.3, 0.4) is 0 Å². The second-order valence-corrected chi connectivity index (χ2v) is 1.91. The first-order chi connectivity index (χ1) is 4.74. The molecule has 0 aromatic heterocycles. The molecule has 1 aromatic carbocycles. The molecule has 0 saturated carbocycles. The van der Waals surface area contributed by atoms with Gasteiger partial charge in [0.25, 0.3) is 0 Å². The quantitative estimate of drug-likeness (QED) is 0.582. The minimum Gasteiger partial charge on any atom is -0.506 e. The number of halogens is 1. The second kappa shape index (κ2) is 2.56. The fraction of sp³-hybridized carbons (Fsp3) is 0.143. The van der Waals surface area contributed by atoms with E-state index in [4.69, 9.17) is 5.11 Å². The number of nitrogens with one attached hydrogen (secondary N) is 1. The molecular formula is C7H8FNO. The summed E-state index contributed by atoms with van der Waals surface area (Å²) in [6, 6.07) is 3.82. The van der Waals surface area contributed by atoms with Crippen LogP contribution >= 0.6 is 0 Å². The second-order valence-electron chi connectivity index (χ2n) is 1.91. The molecule has 1 aromatic rings. The van der Waals surface area contributed by atoms with Crippen LogP contribution in [0.15, 0.2) is 18.2 Å². The van der Waals surface area contributed by atoms with Gasteiger partial charge in [0.05, 0.1) is 5.69 Å². The Hall–Kier alpha value is -1.25. The topological polar surface area (TPSA) is 32.3 Å². The Morgan fingerprint density at radius 3 is 2.70 bits per heavy atom. The van der Waals surface area contributed by atoms with Crippen LogP contribution in [0.4, 0.5) is 10.1 Å². The summed E-state index contributed by atoms with van der Waals surface area (Å²) in [4.78, 5) is 0. The van der Waals surface area contributed by atoms with Crippen molar-refractivity contribution in [2.75, 3.05) is 12.4 Å². The lowest BCUT2D eigenvalue weighted by atomic mass is 10.3. The fourth-order valence-corrected chi connectivity index (χ4v) is 0.716. The molecule has 0 amide bonds. The Labute approximate surface area is 58.3 Å². The first-order valence-electron chi connectivity index (χ1n) is 2.90. The van der Waals surface area contributed by atoms with Gasteiger partial charge in [-0.1, -0.05) is 0 Å². The number of phenolic OH excluding ortho intramolecular Hbond substituents is 1. The van der Waals surface area contributed by atoms with Crippen LogP contribution in [0.2, 0.25) is 0 Å². The van der Waals surface area contributed by atoms with Crippen LogP contribution in [0.1, 0.15) is 0 Å². The molecule has 10 heavy (non-hydrogen) atoms. The zero-order valence-corrected chi connectivity index (χ0v) is 5.56. The Kier molecular flexibility index (Phi) is 1.76. The van der Waals surface area contributed by atoms with E-state index in [0.717, 1.165) is 6.07 Å². The van der Waals surface area contributed by atoms with Gasteiger partial charge in [0, 0.05) is 13.1 Å². The van der Waals surface area contributed by atoms with Gasteiger partial charge in [0.1, 0.15) is 11.6 Å². The number of benzene rings is 1. The number of aromatic hydroxyl groups is 1. The Balaban J connectivity index is 3.07. The lowest BCUT2D eigenvalue weighted by Gasteiger charge is -2.01. The van der Waals surface area contributed by atoms with E-state index in [1.54, 1.807) is 7.05 Å². The number of hydrogen-bond acceptors (Lipinski definition) is 2. The summed E-state index contributed by atoms with van der Waals surface area (Å²) in [6.45, 7) is 0. The van der Waals surface area contributed by atoms with Crippen molar-refractivity contribution in [1.82, 2.24) is 0 Å². The molecule has 0 radical (unpaired) electrons. The smallest absolute Gasteiger partial charge is 0.141 e. The highest BCUT2D eigenvalue weighted by Gasteiger charge is 1.97. The molecule has 0 aliphatic rings. The van der Waals surface area contributed by atoms with E-state index in [2.05, 4.69) is 5.32 Å². The minimum absolute atomic E-state index is 0.0671. The Bertz CT molecular complexity index is 237. The third-order valence-electron chi connectivity index (χ3n) is 1.23. The lowest BCUT2D eigenvalue weighted by Crippen LogP contribution is -1.88. The maximum absolute atomic E-state index is 12.3. The van der Waals surface area contributed by atoms with Crippen LogP contribution in [-0.2, 0) is 0 Å². The summed E-state index contributed by atoms with van der Waals surface area (Å²) >= 11 is 0. The monoisotopic (exact) mass is 141 g/mol. The standard InChI is InChI=1S/C7H8FNO/c1-9-6-3-2-5(8)4-7(6)10/h2-4,9-10H,1H3. The lowest BCUT2D eigenvalue weighted by molar-refractivity contribution is 0.471.